The van der Waals surface area contributed by atoms with E-state index in [1.165, 1.54) is 6.20 Å². The number of halogens is 1. The van der Waals surface area contributed by atoms with Gasteiger partial charge in [0.2, 0.25) is 17.6 Å². The Morgan fingerprint density at radius 3 is 2.91 bits per heavy atom. The lowest BCUT2D eigenvalue weighted by molar-refractivity contribution is 0.102. The quantitative estimate of drug-likeness (QED) is 0.488. The van der Waals surface area contributed by atoms with E-state index in [4.69, 9.17) is 9.26 Å². The molecule has 2 atom stereocenters. The highest BCUT2D eigenvalue weighted by atomic mass is 19.1. The number of anilines is 1. The molecule has 5 rings (SSSR count). The van der Waals surface area contributed by atoms with Crippen LogP contribution in [0.2, 0.25) is 0 Å². The summed E-state index contributed by atoms with van der Waals surface area (Å²) >= 11 is 0. The lowest BCUT2D eigenvalue weighted by atomic mass is 10.1. The van der Waals surface area contributed by atoms with Gasteiger partial charge in [0, 0.05) is 11.3 Å². The Morgan fingerprint density at radius 1 is 1.34 bits per heavy atom. The van der Waals surface area contributed by atoms with Crippen LogP contribution in [-0.2, 0) is 0 Å². The first-order valence-corrected chi connectivity index (χ1v) is 10.3. The Bertz CT molecular complexity index is 1310. The maximum Gasteiger partial charge on any atom is 0.259 e. The number of aromatic nitrogens is 5. The number of nitrogens with one attached hydrogen (secondary N) is 1. The van der Waals surface area contributed by atoms with Crippen molar-refractivity contribution in [3.05, 3.63) is 53.8 Å². The zero-order valence-electron chi connectivity index (χ0n) is 17.7. The highest BCUT2D eigenvalue weighted by Gasteiger charge is 2.43. The van der Waals surface area contributed by atoms with Gasteiger partial charge in [-0.25, -0.2) is 13.9 Å². The molecule has 4 aromatic rings. The van der Waals surface area contributed by atoms with Gasteiger partial charge in [-0.05, 0) is 38.8 Å². The van der Waals surface area contributed by atoms with Crippen molar-refractivity contribution in [3.8, 4) is 17.3 Å². The molecule has 1 aromatic carbocycles. The lowest BCUT2D eigenvalue weighted by Crippen LogP contribution is -2.13. The summed E-state index contributed by atoms with van der Waals surface area (Å²) in [5, 5.41) is 11.1. The van der Waals surface area contributed by atoms with Crippen LogP contribution < -0.4 is 10.1 Å². The van der Waals surface area contributed by atoms with E-state index in [-0.39, 0.29) is 17.9 Å². The summed E-state index contributed by atoms with van der Waals surface area (Å²) in [4.78, 5) is 21.5. The van der Waals surface area contributed by atoms with Gasteiger partial charge < -0.3 is 14.6 Å². The molecule has 0 radical (unpaired) electrons. The minimum Gasteiger partial charge on any atom is -0.474 e. The van der Waals surface area contributed by atoms with Crippen LogP contribution in [-0.4, -0.2) is 42.9 Å². The fourth-order valence-corrected chi connectivity index (χ4v) is 3.35. The predicted molar refractivity (Wildman–Crippen MR) is 113 cm³/mol. The summed E-state index contributed by atoms with van der Waals surface area (Å²) in [6.45, 7) is 5.69. The summed E-state index contributed by atoms with van der Waals surface area (Å²) in [6.07, 6.45) is 4.15. The fourth-order valence-electron chi connectivity index (χ4n) is 3.35. The topological polar surface area (TPSA) is 107 Å². The Labute approximate surface area is 182 Å². The van der Waals surface area contributed by atoms with Crippen molar-refractivity contribution in [2.24, 2.45) is 0 Å². The van der Waals surface area contributed by atoms with Crippen molar-refractivity contribution in [1.82, 2.24) is 24.7 Å². The molecule has 10 heteroatoms. The van der Waals surface area contributed by atoms with Crippen LogP contribution in [0.25, 0.3) is 16.9 Å². The maximum absolute atomic E-state index is 13.3. The summed E-state index contributed by atoms with van der Waals surface area (Å²) < 4.78 is 25.6. The summed E-state index contributed by atoms with van der Waals surface area (Å²) in [5.41, 5.74) is 3.05. The monoisotopic (exact) mass is 436 g/mol. The zero-order chi connectivity index (χ0) is 22.4. The third kappa shape index (κ3) is 3.79. The third-order valence-corrected chi connectivity index (χ3v) is 5.20. The number of carbonyl (C=O) groups is 1. The van der Waals surface area contributed by atoms with E-state index in [9.17, 15) is 9.18 Å². The van der Waals surface area contributed by atoms with Crippen LogP contribution in [0.1, 0.15) is 48.0 Å². The maximum atomic E-state index is 13.3. The highest BCUT2D eigenvalue weighted by molar-refractivity contribution is 6.09. The molecule has 0 spiro atoms. The number of alkyl halides is 1. The molecule has 0 unspecified atom stereocenters. The van der Waals surface area contributed by atoms with Crippen molar-refractivity contribution >= 4 is 17.1 Å². The van der Waals surface area contributed by atoms with Crippen molar-refractivity contribution in [1.29, 1.82) is 0 Å². The second kappa shape index (κ2) is 7.70. The molecule has 1 aliphatic rings. The Kier molecular flexibility index (Phi) is 4.84. The van der Waals surface area contributed by atoms with Gasteiger partial charge in [0.25, 0.3) is 5.91 Å². The number of rotatable bonds is 6. The first-order valence-electron chi connectivity index (χ1n) is 10.3. The van der Waals surface area contributed by atoms with Crippen molar-refractivity contribution in [2.45, 2.75) is 45.4 Å². The number of amides is 1. The molecule has 3 heterocycles. The molecule has 1 amide bonds. The van der Waals surface area contributed by atoms with E-state index in [0.717, 1.165) is 5.56 Å². The molecule has 1 saturated carbocycles. The van der Waals surface area contributed by atoms with E-state index in [1.54, 1.807) is 23.0 Å². The minimum absolute atomic E-state index is 0.0218. The van der Waals surface area contributed by atoms with Gasteiger partial charge in [0.1, 0.15) is 6.17 Å². The number of hydrogen-bond acceptors (Lipinski definition) is 7. The molecular weight excluding hydrogens is 415 g/mol. The molecule has 0 saturated heterocycles. The molecule has 1 N–H and O–H groups in total. The van der Waals surface area contributed by atoms with Gasteiger partial charge in [0.15, 0.2) is 0 Å². The number of aryl methyl sites for hydroxylation is 1. The molecule has 1 fully saturated rings. The number of nitrogens with zero attached hydrogens (tertiary/aromatic N) is 5. The highest BCUT2D eigenvalue weighted by Crippen LogP contribution is 2.43. The van der Waals surface area contributed by atoms with E-state index in [2.05, 4.69) is 25.5 Å². The smallest absolute Gasteiger partial charge is 0.259 e. The van der Waals surface area contributed by atoms with Crippen LogP contribution in [0.4, 0.5) is 10.1 Å². The lowest BCUT2D eigenvalue weighted by Gasteiger charge is -2.10. The van der Waals surface area contributed by atoms with Crippen LogP contribution >= 0.6 is 0 Å². The van der Waals surface area contributed by atoms with Crippen molar-refractivity contribution in [2.75, 3.05) is 5.32 Å². The largest absolute Gasteiger partial charge is 0.474 e. The molecule has 164 valence electrons. The average Bonchev–Trinajstić information content (AvgIpc) is 3.15. The number of hydrogen-bond donors (Lipinski definition) is 1. The van der Waals surface area contributed by atoms with Crippen LogP contribution in [0.3, 0.4) is 0 Å². The number of benzene rings is 1. The van der Waals surface area contributed by atoms with Crippen molar-refractivity contribution in [3.63, 3.8) is 0 Å². The number of fused-ring (bicyclic) bond motifs is 1. The third-order valence-electron chi connectivity index (χ3n) is 5.20. The SMILES string of the molecule is Cc1ccc(-c2noc([C@H]3C[C@@H]3F)n2)cc1NC(=O)c1cnn2cc(OC(C)C)ncc12. The van der Waals surface area contributed by atoms with Crippen LogP contribution in [0, 0.1) is 6.92 Å². The molecule has 0 aliphatic heterocycles. The van der Waals surface area contributed by atoms with Crippen molar-refractivity contribution < 1.29 is 18.4 Å². The average molecular weight is 436 g/mol. The van der Waals surface area contributed by atoms with Gasteiger partial charge >= 0.3 is 0 Å². The van der Waals surface area contributed by atoms with E-state index < -0.39 is 6.17 Å². The summed E-state index contributed by atoms with van der Waals surface area (Å²) in [6, 6.07) is 5.44. The molecule has 1 aliphatic carbocycles. The molecule has 9 nitrogen and oxygen atoms in total. The second-order valence-electron chi connectivity index (χ2n) is 8.08. The number of carbonyl (C=O) groups excluding carboxylic acids is 1. The molecule has 32 heavy (non-hydrogen) atoms. The zero-order valence-corrected chi connectivity index (χ0v) is 17.7. The van der Waals surface area contributed by atoms with E-state index in [0.29, 0.717) is 46.3 Å². The Morgan fingerprint density at radius 2 is 2.16 bits per heavy atom. The minimum atomic E-state index is -0.912. The first-order chi connectivity index (χ1) is 15.4. The standard InChI is InChI=1S/C22H21FN6O3/c1-11(2)31-19-10-29-18(9-24-19)15(8-25-29)21(30)26-17-6-13(5-4-12(17)3)20-27-22(32-28-20)14-7-16(14)23/h4-6,8-11,14,16H,7H2,1-3H3,(H,26,30)/t14-,16-/m0/s1. The summed E-state index contributed by atoms with van der Waals surface area (Å²) in [7, 11) is 0. The number of ether oxygens (including phenoxy) is 1. The van der Waals surface area contributed by atoms with E-state index in [1.807, 2.05) is 32.9 Å². The Balaban J connectivity index is 1.38. The van der Waals surface area contributed by atoms with Crippen LogP contribution in [0.5, 0.6) is 5.88 Å². The molecule has 0 bridgehead atoms. The Hall–Kier alpha value is -3.82. The van der Waals surface area contributed by atoms with Gasteiger partial charge in [-0.3, -0.25) is 4.79 Å². The molecular formula is C22H21FN6O3. The first kappa shape index (κ1) is 20.1. The molecule has 3 aromatic heterocycles. The van der Waals surface area contributed by atoms with Gasteiger partial charge in [0.05, 0.1) is 41.7 Å². The predicted octanol–water partition coefficient (Wildman–Crippen LogP) is 3.95. The van der Waals surface area contributed by atoms with Gasteiger partial charge in [-0.2, -0.15) is 10.1 Å². The van der Waals surface area contributed by atoms with Gasteiger partial charge in [-0.1, -0.05) is 17.3 Å². The second-order valence-corrected chi connectivity index (χ2v) is 8.08. The fraction of sp³-hybridized carbons (Fsp3) is 0.318. The normalized spacial score (nSPS) is 17.7. The summed E-state index contributed by atoms with van der Waals surface area (Å²) in [5.74, 6) is 0.449. The van der Waals surface area contributed by atoms with Crippen LogP contribution in [0.15, 0.2) is 41.3 Å². The van der Waals surface area contributed by atoms with Gasteiger partial charge in [-0.15, -0.1) is 0 Å². The van der Waals surface area contributed by atoms with E-state index >= 15 is 0 Å².